The summed E-state index contributed by atoms with van der Waals surface area (Å²) in [6.07, 6.45) is 1.61. The Kier molecular flexibility index (Phi) is 3.88. The molecule has 1 amide bonds. The highest BCUT2D eigenvalue weighted by atomic mass is 16.5. The number of nitrogens with zero attached hydrogens (tertiary/aromatic N) is 1. The summed E-state index contributed by atoms with van der Waals surface area (Å²) in [5.41, 5.74) is 2.25. The molecule has 126 valence electrons. The van der Waals surface area contributed by atoms with Crippen molar-refractivity contribution in [2.24, 2.45) is 0 Å². The summed E-state index contributed by atoms with van der Waals surface area (Å²) in [5.74, 6) is 0.725. The summed E-state index contributed by atoms with van der Waals surface area (Å²) >= 11 is 0. The first-order valence-corrected chi connectivity index (χ1v) is 8.57. The van der Waals surface area contributed by atoms with E-state index in [2.05, 4.69) is 10.5 Å². The van der Waals surface area contributed by atoms with Crippen LogP contribution in [0.5, 0.6) is 0 Å². The summed E-state index contributed by atoms with van der Waals surface area (Å²) in [4.78, 5) is 12.9. The third-order valence-electron chi connectivity index (χ3n) is 4.89. The first kappa shape index (κ1) is 15.6. The van der Waals surface area contributed by atoms with E-state index in [-0.39, 0.29) is 11.9 Å². The second-order valence-corrected chi connectivity index (χ2v) is 6.63. The van der Waals surface area contributed by atoms with Gasteiger partial charge >= 0.3 is 0 Å². The lowest BCUT2D eigenvalue weighted by Crippen LogP contribution is -2.36. The number of aromatic nitrogens is 1. The van der Waals surface area contributed by atoms with E-state index in [0.29, 0.717) is 5.76 Å². The van der Waals surface area contributed by atoms with Crippen molar-refractivity contribution < 1.29 is 9.32 Å². The molecule has 4 heteroatoms. The highest BCUT2D eigenvalue weighted by molar-refractivity contribution is 5.91. The number of nitrogens with one attached hydrogen (secondary N) is 1. The molecule has 4 rings (SSSR count). The molecule has 4 nitrogen and oxygen atoms in total. The number of rotatable bonds is 5. The van der Waals surface area contributed by atoms with Crippen LogP contribution in [0.3, 0.4) is 0 Å². The summed E-state index contributed by atoms with van der Waals surface area (Å²) in [7, 11) is 0. The van der Waals surface area contributed by atoms with Crippen LogP contribution in [-0.4, -0.2) is 11.1 Å². The molecule has 0 saturated heterocycles. The van der Waals surface area contributed by atoms with Crippen molar-refractivity contribution in [3.8, 4) is 11.3 Å². The lowest BCUT2D eigenvalue weighted by Gasteiger charge is -2.18. The Bertz CT molecular complexity index is 867. The van der Waals surface area contributed by atoms with E-state index in [1.165, 1.54) is 0 Å². The molecule has 2 aromatic carbocycles. The molecule has 0 radical (unpaired) electrons. The van der Waals surface area contributed by atoms with Crippen LogP contribution >= 0.6 is 0 Å². The van der Waals surface area contributed by atoms with Gasteiger partial charge in [-0.2, -0.15) is 0 Å². The average molecular weight is 332 g/mol. The number of hydrogen-bond acceptors (Lipinski definition) is 3. The fraction of sp³-hybridized carbons (Fsp3) is 0.238. The molecule has 25 heavy (non-hydrogen) atoms. The van der Waals surface area contributed by atoms with E-state index >= 15 is 0 Å². The molecule has 0 aliphatic heterocycles. The van der Waals surface area contributed by atoms with Crippen LogP contribution in [-0.2, 0) is 10.2 Å². The van der Waals surface area contributed by atoms with Gasteiger partial charge in [-0.1, -0.05) is 65.8 Å². The summed E-state index contributed by atoms with van der Waals surface area (Å²) in [5, 5.41) is 7.32. The molecule has 1 fully saturated rings. The number of hydrogen-bond donors (Lipinski definition) is 1. The molecule has 1 atom stereocenters. The monoisotopic (exact) mass is 332 g/mol. The predicted octanol–water partition coefficient (Wildman–Crippen LogP) is 4.25. The molecule has 1 aliphatic carbocycles. The van der Waals surface area contributed by atoms with Gasteiger partial charge in [0.05, 0.1) is 17.2 Å². The van der Waals surface area contributed by atoms with Crippen LogP contribution in [0.25, 0.3) is 11.3 Å². The maximum atomic E-state index is 12.9. The smallest absolute Gasteiger partial charge is 0.232 e. The molecule has 1 saturated carbocycles. The lowest BCUT2D eigenvalue weighted by atomic mass is 9.99. The van der Waals surface area contributed by atoms with Gasteiger partial charge in [-0.05, 0) is 25.3 Å². The Balaban J connectivity index is 1.52. The second kappa shape index (κ2) is 6.20. The molecule has 1 N–H and O–H groups in total. The van der Waals surface area contributed by atoms with E-state index in [4.69, 9.17) is 4.52 Å². The Labute approximate surface area is 146 Å². The minimum Gasteiger partial charge on any atom is -0.356 e. The van der Waals surface area contributed by atoms with Crippen LogP contribution in [0, 0.1) is 0 Å². The van der Waals surface area contributed by atoms with Crippen LogP contribution in [0.2, 0.25) is 0 Å². The molecule has 1 heterocycles. The van der Waals surface area contributed by atoms with Crippen molar-refractivity contribution in [2.75, 3.05) is 0 Å². The summed E-state index contributed by atoms with van der Waals surface area (Å²) in [6.45, 7) is 2.00. The summed E-state index contributed by atoms with van der Waals surface area (Å²) < 4.78 is 5.49. The predicted molar refractivity (Wildman–Crippen MR) is 95.9 cm³/mol. The quantitative estimate of drug-likeness (QED) is 0.760. The van der Waals surface area contributed by atoms with E-state index in [0.717, 1.165) is 29.7 Å². The Morgan fingerprint density at radius 1 is 1.08 bits per heavy atom. The van der Waals surface area contributed by atoms with Gasteiger partial charge in [-0.15, -0.1) is 0 Å². The van der Waals surface area contributed by atoms with Gasteiger partial charge in [0, 0.05) is 11.6 Å². The third kappa shape index (κ3) is 2.95. The minimum atomic E-state index is -0.542. The molecule has 1 aromatic heterocycles. The van der Waals surface area contributed by atoms with E-state index in [9.17, 15) is 4.79 Å². The molecule has 0 spiro atoms. The average Bonchev–Trinajstić information content (AvgIpc) is 3.33. The lowest BCUT2D eigenvalue weighted by molar-refractivity contribution is -0.124. The van der Waals surface area contributed by atoms with Gasteiger partial charge < -0.3 is 9.84 Å². The van der Waals surface area contributed by atoms with Gasteiger partial charge in [-0.25, -0.2) is 0 Å². The van der Waals surface area contributed by atoms with Gasteiger partial charge in [0.2, 0.25) is 5.91 Å². The zero-order valence-electron chi connectivity index (χ0n) is 14.1. The highest BCUT2D eigenvalue weighted by Gasteiger charge is 2.54. The standard InChI is InChI=1S/C21H20N2O2/c1-15(16-8-4-2-5-9-16)22-20(24)21(12-13-21)19-14-18(25-23-19)17-10-6-3-7-11-17/h2-11,14-15H,12-13H2,1H3,(H,22,24). The Morgan fingerprint density at radius 2 is 1.72 bits per heavy atom. The molecule has 1 unspecified atom stereocenters. The molecule has 1 aliphatic rings. The first-order valence-electron chi connectivity index (χ1n) is 8.57. The Morgan fingerprint density at radius 3 is 2.36 bits per heavy atom. The maximum absolute atomic E-state index is 12.9. The van der Waals surface area contributed by atoms with Crippen LogP contribution in [0.4, 0.5) is 0 Å². The zero-order chi connectivity index (χ0) is 17.3. The number of benzene rings is 2. The van der Waals surface area contributed by atoms with Crippen molar-refractivity contribution in [3.63, 3.8) is 0 Å². The van der Waals surface area contributed by atoms with Crippen molar-refractivity contribution in [3.05, 3.63) is 78.0 Å². The van der Waals surface area contributed by atoms with Crippen LogP contribution in [0.15, 0.2) is 71.3 Å². The van der Waals surface area contributed by atoms with Crippen molar-refractivity contribution in [1.82, 2.24) is 10.5 Å². The fourth-order valence-electron chi connectivity index (χ4n) is 3.12. The van der Waals surface area contributed by atoms with E-state index in [1.807, 2.05) is 73.7 Å². The number of carbonyl (C=O) groups is 1. The minimum absolute atomic E-state index is 0.0248. The highest BCUT2D eigenvalue weighted by Crippen LogP contribution is 2.49. The number of carbonyl (C=O) groups excluding carboxylic acids is 1. The molecular weight excluding hydrogens is 312 g/mol. The topological polar surface area (TPSA) is 55.1 Å². The maximum Gasteiger partial charge on any atom is 0.232 e. The second-order valence-electron chi connectivity index (χ2n) is 6.63. The fourth-order valence-corrected chi connectivity index (χ4v) is 3.12. The molecule has 0 bridgehead atoms. The van der Waals surface area contributed by atoms with Crippen LogP contribution in [0.1, 0.15) is 37.1 Å². The molecular formula is C21H20N2O2. The van der Waals surface area contributed by atoms with Crippen molar-refractivity contribution >= 4 is 5.91 Å². The van der Waals surface area contributed by atoms with Crippen LogP contribution < -0.4 is 5.32 Å². The largest absolute Gasteiger partial charge is 0.356 e. The number of amides is 1. The SMILES string of the molecule is CC(NC(=O)C1(c2cc(-c3ccccc3)on2)CC1)c1ccccc1. The normalized spacial score (nSPS) is 16.2. The van der Waals surface area contributed by atoms with E-state index in [1.54, 1.807) is 0 Å². The van der Waals surface area contributed by atoms with Gasteiger partial charge in [0.15, 0.2) is 5.76 Å². The first-order chi connectivity index (χ1) is 12.2. The van der Waals surface area contributed by atoms with Gasteiger partial charge in [0.25, 0.3) is 0 Å². The Hall–Kier alpha value is -2.88. The van der Waals surface area contributed by atoms with E-state index < -0.39 is 5.41 Å². The van der Waals surface area contributed by atoms with Crippen molar-refractivity contribution in [2.45, 2.75) is 31.2 Å². The zero-order valence-corrected chi connectivity index (χ0v) is 14.1. The van der Waals surface area contributed by atoms with Crippen molar-refractivity contribution in [1.29, 1.82) is 0 Å². The van der Waals surface area contributed by atoms with Gasteiger partial charge in [-0.3, -0.25) is 4.79 Å². The molecule has 3 aromatic rings. The third-order valence-corrected chi connectivity index (χ3v) is 4.89. The summed E-state index contributed by atoms with van der Waals surface area (Å²) in [6, 6.07) is 21.7. The van der Waals surface area contributed by atoms with Gasteiger partial charge in [0.1, 0.15) is 0 Å².